The molecule has 0 saturated heterocycles. The lowest BCUT2D eigenvalue weighted by Gasteiger charge is -2.59. The van der Waals surface area contributed by atoms with Gasteiger partial charge in [0.25, 0.3) is 0 Å². The van der Waals surface area contributed by atoms with Crippen LogP contribution >= 0.6 is 12.2 Å². The number of hydrogen-bond donors (Lipinski definition) is 2. The summed E-state index contributed by atoms with van der Waals surface area (Å²) in [6, 6.07) is 8.47. The van der Waals surface area contributed by atoms with Gasteiger partial charge in [0, 0.05) is 24.6 Å². The SMILES string of the molecule is Cc1cccc(-c2n[nH]c(=S)n2CCC(=O)N[C@H](C)C23CC4CC(CC(C4)C2)C3)c1. The van der Waals surface area contributed by atoms with Crippen molar-refractivity contribution < 1.29 is 4.79 Å². The van der Waals surface area contributed by atoms with Crippen LogP contribution in [-0.2, 0) is 11.3 Å². The van der Waals surface area contributed by atoms with Crippen LogP contribution in [0.1, 0.15) is 57.4 Å². The normalized spacial score (nSPS) is 30.4. The highest BCUT2D eigenvalue weighted by molar-refractivity contribution is 7.71. The second kappa shape index (κ2) is 7.63. The van der Waals surface area contributed by atoms with E-state index < -0.39 is 0 Å². The molecule has 1 aromatic carbocycles. The zero-order valence-electron chi connectivity index (χ0n) is 18.0. The first-order valence-corrected chi connectivity index (χ1v) is 11.8. The predicted molar refractivity (Wildman–Crippen MR) is 120 cm³/mol. The van der Waals surface area contributed by atoms with Gasteiger partial charge < -0.3 is 5.32 Å². The van der Waals surface area contributed by atoms with Crippen LogP contribution < -0.4 is 5.32 Å². The molecule has 0 spiro atoms. The van der Waals surface area contributed by atoms with Crippen molar-refractivity contribution in [3.05, 3.63) is 34.6 Å². The Balaban J connectivity index is 1.24. The summed E-state index contributed by atoms with van der Waals surface area (Å²) in [5.74, 6) is 3.62. The summed E-state index contributed by atoms with van der Waals surface area (Å²) in [4.78, 5) is 12.9. The summed E-state index contributed by atoms with van der Waals surface area (Å²) < 4.78 is 2.51. The molecule has 4 bridgehead atoms. The van der Waals surface area contributed by atoms with Gasteiger partial charge in [0.2, 0.25) is 5.91 Å². The quantitative estimate of drug-likeness (QED) is 0.640. The molecule has 4 saturated carbocycles. The zero-order valence-corrected chi connectivity index (χ0v) is 18.8. The van der Waals surface area contributed by atoms with E-state index in [0.717, 1.165) is 29.1 Å². The Morgan fingerprint density at radius 3 is 2.57 bits per heavy atom. The maximum atomic E-state index is 12.9. The number of amides is 1. The number of carbonyl (C=O) groups is 1. The fourth-order valence-corrected chi connectivity index (χ4v) is 7.14. The van der Waals surface area contributed by atoms with E-state index in [1.165, 1.54) is 44.1 Å². The van der Waals surface area contributed by atoms with Crippen LogP contribution in [0.3, 0.4) is 0 Å². The molecule has 1 atom stereocenters. The molecular weight excluding hydrogens is 392 g/mol. The van der Waals surface area contributed by atoms with Crippen LogP contribution in [-0.4, -0.2) is 26.7 Å². The number of aromatic amines is 1. The van der Waals surface area contributed by atoms with Gasteiger partial charge in [0.1, 0.15) is 0 Å². The molecule has 4 aliphatic carbocycles. The molecular formula is C24H32N4OS. The smallest absolute Gasteiger partial charge is 0.222 e. The Bertz CT molecular complexity index is 971. The molecule has 30 heavy (non-hydrogen) atoms. The van der Waals surface area contributed by atoms with E-state index in [2.05, 4.69) is 41.5 Å². The van der Waals surface area contributed by atoms with Crippen molar-refractivity contribution >= 4 is 18.1 Å². The number of hydrogen-bond acceptors (Lipinski definition) is 3. The second-order valence-electron chi connectivity index (χ2n) is 10.2. The van der Waals surface area contributed by atoms with Gasteiger partial charge in [-0.3, -0.25) is 14.5 Å². The van der Waals surface area contributed by atoms with Crippen LogP contribution in [0.2, 0.25) is 0 Å². The first-order valence-electron chi connectivity index (χ1n) is 11.4. The monoisotopic (exact) mass is 424 g/mol. The minimum Gasteiger partial charge on any atom is -0.353 e. The number of nitrogens with zero attached hydrogens (tertiary/aromatic N) is 2. The molecule has 0 unspecified atom stereocenters. The molecule has 4 aliphatic rings. The van der Waals surface area contributed by atoms with E-state index in [1.807, 2.05) is 16.7 Å². The number of benzene rings is 1. The van der Waals surface area contributed by atoms with Crippen molar-refractivity contribution in [1.29, 1.82) is 0 Å². The molecule has 2 N–H and O–H groups in total. The fourth-order valence-electron chi connectivity index (χ4n) is 6.92. The van der Waals surface area contributed by atoms with Gasteiger partial charge in [-0.05, 0) is 93.8 Å². The largest absolute Gasteiger partial charge is 0.353 e. The van der Waals surface area contributed by atoms with Crippen LogP contribution in [0, 0.1) is 34.9 Å². The molecule has 6 rings (SSSR count). The fraction of sp³-hybridized carbons (Fsp3) is 0.625. The van der Waals surface area contributed by atoms with Crippen molar-refractivity contribution in [3.63, 3.8) is 0 Å². The number of H-pyrrole nitrogens is 1. The van der Waals surface area contributed by atoms with Gasteiger partial charge in [-0.15, -0.1) is 0 Å². The Kier molecular flexibility index (Phi) is 5.08. The number of aryl methyl sites for hydroxylation is 1. The lowest BCUT2D eigenvalue weighted by molar-refractivity contribution is -0.126. The van der Waals surface area contributed by atoms with Crippen LogP contribution in [0.25, 0.3) is 11.4 Å². The summed E-state index contributed by atoms with van der Waals surface area (Å²) in [7, 11) is 0. The number of carbonyl (C=O) groups excluding carboxylic acids is 1. The third kappa shape index (κ3) is 3.64. The molecule has 2 aromatic rings. The van der Waals surface area contributed by atoms with Gasteiger partial charge in [-0.25, -0.2) is 0 Å². The molecule has 1 aromatic heterocycles. The van der Waals surface area contributed by atoms with E-state index in [1.54, 1.807) is 0 Å². The zero-order chi connectivity index (χ0) is 20.9. The van der Waals surface area contributed by atoms with Crippen molar-refractivity contribution in [2.24, 2.45) is 23.2 Å². The summed E-state index contributed by atoms with van der Waals surface area (Å²) in [5.41, 5.74) is 2.53. The van der Waals surface area contributed by atoms with E-state index in [9.17, 15) is 4.79 Å². The molecule has 0 radical (unpaired) electrons. The Labute approximate surface area is 183 Å². The van der Waals surface area contributed by atoms with Gasteiger partial charge in [0.15, 0.2) is 10.6 Å². The van der Waals surface area contributed by atoms with Gasteiger partial charge in [0.05, 0.1) is 0 Å². The molecule has 6 heteroatoms. The Morgan fingerprint density at radius 2 is 1.93 bits per heavy atom. The van der Waals surface area contributed by atoms with Crippen molar-refractivity contribution in [2.45, 2.75) is 71.4 Å². The standard InChI is InChI=1S/C24H32N4OS/c1-15-4-3-5-20(8-15)22-26-27-23(30)28(22)7-6-21(29)25-16(2)24-12-17-9-18(13-24)11-19(10-17)14-24/h3-5,8,16-19H,6-7,9-14H2,1-2H3,(H,25,29)(H,27,30)/t16-,17?,18?,19?,24?/m1/s1. The van der Waals surface area contributed by atoms with Crippen molar-refractivity contribution in [2.75, 3.05) is 0 Å². The molecule has 5 nitrogen and oxygen atoms in total. The van der Waals surface area contributed by atoms with E-state index in [-0.39, 0.29) is 11.9 Å². The van der Waals surface area contributed by atoms with Crippen molar-refractivity contribution in [3.8, 4) is 11.4 Å². The summed E-state index contributed by atoms with van der Waals surface area (Å²) >= 11 is 5.44. The molecule has 4 fully saturated rings. The molecule has 1 heterocycles. The first kappa shape index (κ1) is 20.0. The highest BCUT2D eigenvalue weighted by Gasteiger charge is 2.53. The van der Waals surface area contributed by atoms with Crippen LogP contribution in [0.15, 0.2) is 24.3 Å². The third-order valence-corrected chi connectivity index (χ3v) is 8.29. The van der Waals surface area contributed by atoms with E-state index in [4.69, 9.17) is 12.2 Å². The Morgan fingerprint density at radius 1 is 1.27 bits per heavy atom. The number of rotatable bonds is 6. The maximum Gasteiger partial charge on any atom is 0.222 e. The average molecular weight is 425 g/mol. The van der Waals surface area contributed by atoms with Crippen LogP contribution in [0.4, 0.5) is 0 Å². The average Bonchev–Trinajstić information content (AvgIpc) is 3.06. The lowest BCUT2D eigenvalue weighted by atomic mass is 9.48. The van der Waals surface area contributed by atoms with E-state index in [0.29, 0.717) is 23.2 Å². The molecule has 0 aliphatic heterocycles. The number of nitrogens with one attached hydrogen (secondary N) is 2. The predicted octanol–water partition coefficient (Wildman–Crippen LogP) is 5.03. The molecule has 160 valence electrons. The number of aromatic nitrogens is 3. The topological polar surface area (TPSA) is 62.7 Å². The Hall–Kier alpha value is -1.95. The minimum absolute atomic E-state index is 0.122. The van der Waals surface area contributed by atoms with Gasteiger partial charge in [-0.2, -0.15) is 5.10 Å². The lowest BCUT2D eigenvalue weighted by Crippen LogP contribution is -2.55. The third-order valence-electron chi connectivity index (χ3n) is 7.98. The summed E-state index contributed by atoms with van der Waals surface area (Å²) in [6.45, 7) is 4.85. The highest BCUT2D eigenvalue weighted by Crippen LogP contribution is 2.61. The van der Waals surface area contributed by atoms with Crippen molar-refractivity contribution in [1.82, 2.24) is 20.1 Å². The summed E-state index contributed by atoms with van der Waals surface area (Å²) in [5, 5.41) is 10.7. The summed E-state index contributed by atoms with van der Waals surface area (Å²) in [6.07, 6.45) is 8.64. The van der Waals surface area contributed by atoms with Gasteiger partial charge in [-0.1, -0.05) is 23.8 Å². The van der Waals surface area contributed by atoms with Gasteiger partial charge >= 0.3 is 0 Å². The minimum atomic E-state index is 0.122. The van der Waals surface area contributed by atoms with E-state index >= 15 is 0 Å². The highest BCUT2D eigenvalue weighted by atomic mass is 32.1. The first-order chi connectivity index (χ1) is 14.4. The second-order valence-corrected chi connectivity index (χ2v) is 10.6. The van der Waals surface area contributed by atoms with Crippen LogP contribution in [0.5, 0.6) is 0 Å². The molecule has 1 amide bonds. The maximum absolute atomic E-state index is 12.9.